The van der Waals surface area contributed by atoms with Gasteiger partial charge in [0.1, 0.15) is 0 Å². The fraction of sp³-hybridized carbons (Fsp3) is 0.455. The topological polar surface area (TPSA) is 42.0 Å². The molecule has 0 bridgehead atoms. The van der Waals surface area contributed by atoms with Crippen LogP contribution in [0.2, 0.25) is 0 Å². The molecule has 3 nitrogen and oxygen atoms in total. The Bertz CT molecular complexity index is 345. The molecule has 2 atom stereocenters. The number of nitrogens with one attached hydrogen (secondary N) is 1. The highest BCUT2D eigenvalue weighted by Crippen LogP contribution is 2.26. The first-order chi connectivity index (χ1) is 6.66. The molecule has 0 spiro atoms. The number of nitrogens with zero attached hydrogens (tertiary/aromatic N) is 1. The maximum Gasteiger partial charge on any atom is 0.220 e. The van der Waals surface area contributed by atoms with E-state index in [1.54, 1.807) is 0 Å². The molecule has 14 heavy (non-hydrogen) atoms. The smallest absolute Gasteiger partial charge is 0.220 e. The van der Waals surface area contributed by atoms with E-state index in [2.05, 4.69) is 10.3 Å². The molecule has 1 fully saturated rings. The van der Waals surface area contributed by atoms with Crippen LogP contribution in [0.4, 0.5) is 0 Å². The summed E-state index contributed by atoms with van der Waals surface area (Å²) >= 11 is 0. The van der Waals surface area contributed by atoms with E-state index in [4.69, 9.17) is 0 Å². The van der Waals surface area contributed by atoms with Gasteiger partial charge in [0.2, 0.25) is 5.91 Å². The molecule has 74 valence electrons. The van der Waals surface area contributed by atoms with Crippen LogP contribution < -0.4 is 5.32 Å². The van der Waals surface area contributed by atoms with Crippen LogP contribution in [0.3, 0.4) is 0 Å². The molecule has 0 radical (unpaired) electrons. The molecule has 1 aliphatic heterocycles. The lowest BCUT2D eigenvalue weighted by molar-refractivity contribution is -0.119. The first kappa shape index (κ1) is 9.19. The van der Waals surface area contributed by atoms with E-state index < -0.39 is 0 Å². The van der Waals surface area contributed by atoms with Gasteiger partial charge in [-0.2, -0.15) is 0 Å². The fourth-order valence-corrected chi connectivity index (χ4v) is 1.85. The number of hydrogen-bond acceptors (Lipinski definition) is 2. The van der Waals surface area contributed by atoms with E-state index in [0.717, 1.165) is 11.3 Å². The number of hydrogen-bond donors (Lipinski definition) is 1. The van der Waals surface area contributed by atoms with Crippen LogP contribution in [0.15, 0.2) is 18.3 Å². The van der Waals surface area contributed by atoms with Gasteiger partial charge in [0, 0.05) is 30.3 Å². The van der Waals surface area contributed by atoms with Gasteiger partial charge in [0.25, 0.3) is 0 Å². The molecular weight excluding hydrogens is 176 g/mol. The molecule has 0 saturated carbocycles. The number of aromatic nitrogens is 1. The predicted octanol–water partition coefficient (Wildman–Crippen LogP) is 1.38. The lowest BCUT2D eigenvalue weighted by Crippen LogP contribution is -2.24. The zero-order chi connectivity index (χ0) is 10.1. The van der Waals surface area contributed by atoms with E-state index in [1.165, 1.54) is 0 Å². The van der Waals surface area contributed by atoms with Crippen LogP contribution in [-0.4, -0.2) is 16.9 Å². The van der Waals surface area contributed by atoms with Crippen LogP contribution in [0.1, 0.15) is 30.5 Å². The lowest BCUT2D eigenvalue weighted by Gasteiger charge is -2.13. The van der Waals surface area contributed by atoms with Crippen molar-refractivity contribution < 1.29 is 4.79 Å². The third kappa shape index (κ3) is 1.62. The van der Waals surface area contributed by atoms with Crippen molar-refractivity contribution in [1.82, 2.24) is 10.3 Å². The van der Waals surface area contributed by atoms with Crippen LogP contribution >= 0.6 is 0 Å². The van der Waals surface area contributed by atoms with Crippen LogP contribution in [-0.2, 0) is 4.79 Å². The minimum Gasteiger partial charge on any atom is -0.353 e. The van der Waals surface area contributed by atoms with Gasteiger partial charge in [0.15, 0.2) is 0 Å². The number of carbonyl (C=O) groups excluding carboxylic acids is 1. The molecule has 1 amide bonds. The molecular formula is C11H14N2O. The zero-order valence-electron chi connectivity index (χ0n) is 8.45. The molecule has 2 unspecified atom stereocenters. The highest BCUT2D eigenvalue weighted by atomic mass is 16.1. The summed E-state index contributed by atoms with van der Waals surface area (Å²) in [7, 11) is 0. The molecule has 0 aromatic carbocycles. The summed E-state index contributed by atoms with van der Waals surface area (Å²) < 4.78 is 0. The van der Waals surface area contributed by atoms with Gasteiger partial charge in [-0.3, -0.25) is 9.78 Å². The average molecular weight is 190 g/mol. The molecule has 1 aromatic heterocycles. The first-order valence-corrected chi connectivity index (χ1v) is 4.89. The molecule has 3 heteroatoms. The highest BCUT2D eigenvalue weighted by molar-refractivity contribution is 5.80. The molecule has 1 N–H and O–H groups in total. The third-order valence-electron chi connectivity index (χ3n) is 2.71. The normalized spacial score (nSPS) is 26.3. The number of rotatable bonds is 1. The zero-order valence-corrected chi connectivity index (χ0v) is 8.45. The predicted molar refractivity (Wildman–Crippen MR) is 53.9 cm³/mol. The molecule has 1 aromatic rings. The third-order valence-corrected chi connectivity index (χ3v) is 2.71. The van der Waals surface area contributed by atoms with Crippen LogP contribution in [0, 0.1) is 6.92 Å². The van der Waals surface area contributed by atoms with Crippen LogP contribution in [0.25, 0.3) is 0 Å². The Morgan fingerprint density at radius 2 is 2.29 bits per heavy atom. The maximum atomic E-state index is 11.2. The van der Waals surface area contributed by atoms with Crippen molar-refractivity contribution in [2.24, 2.45) is 0 Å². The molecule has 2 heterocycles. The van der Waals surface area contributed by atoms with Gasteiger partial charge in [-0.05, 0) is 25.5 Å². The lowest BCUT2D eigenvalue weighted by atomic mass is 9.97. The van der Waals surface area contributed by atoms with Crippen molar-refractivity contribution in [2.45, 2.75) is 32.2 Å². The largest absolute Gasteiger partial charge is 0.353 e. The summed E-state index contributed by atoms with van der Waals surface area (Å²) in [5, 5.41) is 2.90. The van der Waals surface area contributed by atoms with E-state index >= 15 is 0 Å². The summed E-state index contributed by atoms with van der Waals surface area (Å²) in [5.41, 5.74) is 2.17. The summed E-state index contributed by atoms with van der Waals surface area (Å²) in [6, 6.07) is 4.26. The SMILES string of the molecule is Cc1ccc(C2CC(=O)NC2C)nc1. The Morgan fingerprint density at radius 3 is 2.79 bits per heavy atom. The number of pyridine rings is 1. The summed E-state index contributed by atoms with van der Waals surface area (Å²) in [6.45, 7) is 4.04. The van der Waals surface area contributed by atoms with Crippen molar-refractivity contribution in [3.8, 4) is 0 Å². The second kappa shape index (κ2) is 3.40. The summed E-state index contributed by atoms with van der Waals surface area (Å²) in [5.74, 6) is 0.368. The van der Waals surface area contributed by atoms with Gasteiger partial charge >= 0.3 is 0 Å². The van der Waals surface area contributed by atoms with Gasteiger partial charge in [-0.25, -0.2) is 0 Å². The van der Waals surface area contributed by atoms with Crippen molar-refractivity contribution in [2.75, 3.05) is 0 Å². The van der Waals surface area contributed by atoms with Gasteiger partial charge in [-0.1, -0.05) is 6.07 Å². The Kier molecular flexibility index (Phi) is 2.23. The van der Waals surface area contributed by atoms with Gasteiger partial charge in [-0.15, -0.1) is 0 Å². The van der Waals surface area contributed by atoms with E-state index in [9.17, 15) is 4.79 Å². The standard InChI is InChI=1S/C11H14N2O/c1-7-3-4-10(12-6-7)9-5-11(14)13-8(9)2/h3-4,6,8-9H,5H2,1-2H3,(H,13,14). The van der Waals surface area contributed by atoms with Crippen molar-refractivity contribution in [3.05, 3.63) is 29.6 Å². The van der Waals surface area contributed by atoms with Crippen molar-refractivity contribution in [3.63, 3.8) is 0 Å². The molecule has 0 aliphatic carbocycles. The second-order valence-electron chi connectivity index (χ2n) is 3.93. The summed E-state index contributed by atoms with van der Waals surface area (Å²) in [6.07, 6.45) is 2.42. The first-order valence-electron chi connectivity index (χ1n) is 4.89. The van der Waals surface area contributed by atoms with Crippen molar-refractivity contribution in [1.29, 1.82) is 0 Å². The van der Waals surface area contributed by atoms with E-state index in [0.29, 0.717) is 6.42 Å². The number of carbonyl (C=O) groups is 1. The quantitative estimate of drug-likeness (QED) is 0.727. The Hall–Kier alpha value is -1.38. The average Bonchev–Trinajstić information content (AvgIpc) is 2.47. The minimum absolute atomic E-state index is 0.130. The molecule has 1 aliphatic rings. The van der Waals surface area contributed by atoms with Gasteiger partial charge in [0.05, 0.1) is 0 Å². The molecule has 2 rings (SSSR count). The highest BCUT2D eigenvalue weighted by Gasteiger charge is 2.30. The number of aryl methyl sites for hydroxylation is 1. The Labute approximate surface area is 83.5 Å². The minimum atomic E-state index is 0.130. The van der Waals surface area contributed by atoms with Crippen LogP contribution in [0.5, 0.6) is 0 Å². The van der Waals surface area contributed by atoms with E-state index in [-0.39, 0.29) is 17.9 Å². The Morgan fingerprint density at radius 1 is 1.50 bits per heavy atom. The van der Waals surface area contributed by atoms with E-state index in [1.807, 2.05) is 32.2 Å². The van der Waals surface area contributed by atoms with Crippen molar-refractivity contribution >= 4 is 5.91 Å². The number of amides is 1. The molecule has 1 saturated heterocycles. The summed E-state index contributed by atoms with van der Waals surface area (Å²) in [4.78, 5) is 15.5. The fourth-order valence-electron chi connectivity index (χ4n) is 1.85. The maximum absolute atomic E-state index is 11.2. The van der Waals surface area contributed by atoms with Gasteiger partial charge < -0.3 is 5.32 Å². The second-order valence-corrected chi connectivity index (χ2v) is 3.93. The monoisotopic (exact) mass is 190 g/mol. The Balaban J connectivity index is 2.23.